The second-order valence-electron chi connectivity index (χ2n) is 8.22. The second-order valence-corrected chi connectivity index (χ2v) is 8.22. The molecule has 1 atom stereocenters. The van der Waals surface area contributed by atoms with Gasteiger partial charge in [0.1, 0.15) is 5.75 Å². The second kappa shape index (κ2) is 9.07. The number of hydrogen-bond donors (Lipinski definition) is 0. The van der Waals surface area contributed by atoms with Gasteiger partial charge in [-0.1, -0.05) is 6.07 Å². The minimum atomic E-state index is 0.151. The SMILES string of the molecule is O=C(c1cccc(OC2CCCC2)c1)N1CCCC(CN2CCOCC2)C1. The van der Waals surface area contributed by atoms with E-state index in [0.717, 1.165) is 76.5 Å². The fraction of sp³-hybridized carbons (Fsp3) is 0.682. The van der Waals surface area contributed by atoms with Crippen LogP contribution < -0.4 is 4.74 Å². The Morgan fingerprint density at radius 2 is 1.89 bits per heavy atom. The van der Waals surface area contributed by atoms with Gasteiger partial charge in [0.05, 0.1) is 19.3 Å². The molecule has 5 heteroatoms. The first kappa shape index (κ1) is 18.8. The van der Waals surface area contributed by atoms with Gasteiger partial charge in [-0.25, -0.2) is 0 Å². The molecule has 5 nitrogen and oxygen atoms in total. The monoisotopic (exact) mass is 372 g/mol. The molecule has 2 heterocycles. The zero-order valence-corrected chi connectivity index (χ0v) is 16.3. The van der Waals surface area contributed by atoms with Crippen LogP contribution in [0.5, 0.6) is 5.75 Å². The van der Waals surface area contributed by atoms with E-state index in [9.17, 15) is 4.79 Å². The maximum Gasteiger partial charge on any atom is 0.253 e. The number of carbonyl (C=O) groups excluding carboxylic acids is 1. The lowest BCUT2D eigenvalue weighted by atomic mass is 9.96. The summed E-state index contributed by atoms with van der Waals surface area (Å²) < 4.78 is 11.5. The van der Waals surface area contributed by atoms with Crippen molar-refractivity contribution in [1.82, 2.24) is 9.80 Å². The number of amides is 1. The molecule has 2 aliphatic heterocycles. The quantitative estimate of drug-likeness (QED) is 0.796. The Kier molecular flexibility index (Phi) is 6.30. The smallest absolute Gasteiger partial charge is 0.253 e. The highest BCUT2D eigenvalue weighted by Gasteiger charge is 2.27. The molecule has 148 valence electrons. The van der Waals surface area contributed by atoms with Gasteiger partial charge in [0.25, 0.3) is 5.91 Å². The maximum absolute atomic E-state index is 13.1. The summed E-state index contributed by atoms with van der Waals surface area (Å²) in [6.45, 7) is 6.52. The van der Waals surface area contributed by atoms with E-state index in [1.807, 2.05) is 29.2 Å². The number of piperidine rings is 1. The van der Waals surface area contributed by atoms with Gasteiger partial charge in [0.15, 0.2) is 0 Å². The number of ether oxygens (including phenoxy) is 2. The normalized spacial score (nSPS) is 24.9. The minimum absolute atomic E-state index is 0.151. The molecular formula is C22H32N2O3. The van der Waals surface area contributed by atoms with E-state index in [0.29, 0.717) is 12.0 Å². The zero-order chi connectivity index (χ0) is 18.5. The number of hydrogen-bond acceptors (Lipinski definition) is 4. The third kappa shape index (κ3) is 5.02. The molecule has 0 aromatic heterocycles. The maximum atomic E-state index is 13.1. The molecule has 0 N–H and O–H groups in total. The molecule has 27 heavy (non-hydrogen) atoms. The molecule has 1 unspecified atom stereocenters. The van der Waals surface area contributed by atoms with Crippen molar-refractivity contribution in [2.45, 2.75) is 44.6 Å². The Morgan fingerprint density at radius 3 is 2.70 bits per heavy atom. The van der Waals surface area contributed by atoms with Gasteiger partial charge in [-0.05, 0) is 62.6 Å². The molecule has 0 radical (unpaired) electrons. The van der Waals surface area contributed by atoms with Crippen LogP contribution in [-0.4, -0.2) is 67.7 Å². The Balaban J connectivity index is 1.35. The highest BCUT2D eigenvalue weighted by Crippen LogP contribution is 2.26. The number of morpholine rings is 1. The minimum Gasteiger partial charge on any atom is -0.490 e. The molecule has 3 aliphatic rings. The van der Waals surface area contributed by atoms with Crippen LogP contribution in [0.4, 0.5) is 0 Å². The van der Waals surface area contributed by atoms with Gasteiger partial charge in [-0.15, -0.1) is 0 Å². The Hall–Kier alpha value is -1.59. The van der Waals surface area contributed by atoms with Crippen molar-refractivity contribution in [3.8, 4) is 5.75 Å². The van der Waals surface area contributed by atoms with E-state index in [1.165, 1.54) is 19.3 Å². The Morgan fingerprint density at radius 1 is 1.07 bits per heavy atom. The molecule has 0 bridgehead atoms. The first-order valence-corrected chi connectivity index (χ1v) is 10.6. The first-order chi connectivity index (χ1) is 13.3. The van der Waals surface area contributed by atoms with Crippen LogP contribution in [-0.2, 0) is 4.74 Å². The summed E-state index contributed by atoms with van der Waals surface area (Å²) in [6, 6.07) is 7.79. The lowest BCUT2D eigenvalue weighted by Crippen LogP contribution is -2.46. The molecular weight excluding hydrogens is 340 g/mol. The van der Waals surface area contributed by atoms with Crippen molar-refractivity contribution in [2.24, 2.45) is 5.92 Å². The van der Waals surface area contributed by atoms with Gasteiger partial charge < -0.3 is 14.4 Å². The highest BCUT2D eigenvalue weighted by atomic mass is 16.5. The largest absolute Gasteiger partial charge is 0.490 e. The molecule has 0 spiro atoms. The zero-order valence-electron chi connectivity index (χ0n) is 16.3. The molecule has 1 aromatic carbocycles. The third-order valence-electron chi connectivity index (χ3n) is 6.11. The van der Waals surface area contributed by atoms with Crippen molar-refractivity contribution in [1.29, 1.82) is 0 Å². The van der Waals surface area contributed by atoms with Crippen molar-refractivity contribution < 1.29 is 14.3 Å². The van der Waals surface area contributed by atoms with Gasteiger partial charge in [-0.2, -0.15) is 0 Å². The van der Waals surface area contributed by atoms with Crippen LogP contribution in [0.1, 0.15) is 48.9 Å². The molecule has 1 aliphatic carbocycles. The predicted molar refractivity (Wildman–Crippen MR) is 105 cm³/mol. The summed E-state index contributed by atoms with van der Waals surface area (Å²) in [4.78, 5) is 17.6. The van der Waals surface area contributed by atoms with Crippen LogP contribution in [0.15, 0.2) is 24.3 Å². The summed E-state index contributed by atoms with van der Waals surface area (Å²) in [5.41, 5.74) is 0.762. The summed E-state index contributed by atoms with van der Waals surface area (Å²) >= 11 is 0. The van der Waals surface area contributed by atoms with E-state index in [2.05, 4.69) is 4.90 Å². The molecule has 1 amide bonds. The number of benzene rings is 1. The van der Waals surface area contributed by atoms with E-state index >= 15 is 0 Å². The lowest BCUT2D eigenvalue weighted by molar-refractivity contribution is 0.0224. The lowest BCUT2D eigenvalue weighted by Gasteiger charge is -2.36. The van der Waals surface area contributed by atoms with E-state index < -0.39 is 0 Å². The van der Waals surface area contributed by atoms with Crippen LogP contribution >= 0.6 is 0 Å². The van der Waals surface area contributed by atoms with Crippen molar-refractivity contribution in [3.05, 3.63) is 29.8 Å². The van der Waals surface area contributed by atoms with Gasteiger partial charge >= 0.3 is 0 Å². The Labute approximate surface area is 162 Å². The first-order valence-electron chi connectivity index (χ1n) is 10.6. The van der Waals surface area contributed by atoms with Crippen LogP contribution in [0.3, 0.4) is 0 Å². The van der Waals surface area contributed by atoms with Crippen molar-refractivity contribution in [3.63, 3.8) is 0 Å². The summed E-state index contributed by atoms with van der Waals surface area (Å²) in [6.07, 6.45) is 7.40. The van der Waals surface area contributed by atoms with Gasteiger partial charge in [-0.3, -0.25) is 9.69 Å². The van der Waals surface area contributed by atoms with Crippen LogP contribution in [0, 0.1) is 5.92 Å². The van der Waals surface area contributed by atoms with E-state index in [4.69, 9.17) is 9.47 Å². The summed E-state index contributed by atoms with van der Waals surface area (Å²) in [5, 5.41) is 0. The van der Waals surface area contributed by atoms with E-state index in [-0.39, 0.29) is 5.91 Å². The summed E-state index contributed by atoms with van der Waals surface area (Å²) in [7, 11) is 0. The average molecular weight is 373 g/mol. The van der Waals surface area contributed by atoms with E-state index in [1.54, 1.807) is 0 Å². The van der Waals surface area contributed by atoms with Crippen LogP contribution in [0.2, 0.25) is 0 Å². The topological polar surface area (TPSA) is 42.0 Å². The number of rotatable bonds is 5. The van der Waals surface area contributed by atoms with Gasteiger partial charge in [0.2, 0.25) is 0 Å². The average Bonchev–Trinajstić information content (AvgIpc) is 3.22. The highest BCUT2D eigenvalue weighted by molar-refractivity contribution is 5.94. The molecule has 3 fully saturated rings. The van der Waals surface area contributed by atoms with Crippen molar-refractivity contribution in [2.75, 3.05) is 45.9 Å². The molecule has 1 saturated carbocycles. The molecule has 4 rings (SSSR count). The number of nitrogens with zero attached hydrogens (tertiary/aromatic N) is 2. The van der Waals surface area contributed by atoms with Gasteiger partial charge in [0, 0.05) is 38.3 Å². The molecule has 2 saturated heterocycles. The summed E-state index contributed by atoms with van der Waals surface area (Å²) in [5.74, 6) is 1.56. The standard InChI is InChI=1S/C22H32N2O3/c25-22(19-6-3-9-21(15-19)27-20-7-1-2-8-20)24-10-4-5-18(17-24)16-23-11-13-26-14-12-23/h3,6,9,15,18,20H,1-2,4-5,7-8,10-14,16-17H2. The third-order valence-corrected chi connectivity index (χ3v) is 6.11. The Bertz CT molecular complexity index is 624. The van der Waals surface area contributed by atoms with Crippen molar-refractivity contribution >= 4 is 5.91 Å². The number of likely N-dealkylation sites (tertiary alicyclic amines) is 1. The number of carbonyl (C=O) groups is 1. The fourth-order valence-electron chi connectivity index (χ4n) is 4.63. The fourth-order valence-corrected chi connectivity index (χ4v) is 4.63. The predicted octanol–water partition coefficient (Wildman–Crippen LogP) is 3.19. The van der Waals surface area contributed by atoms with Crippen LogP contribution in [0.25, 0.3) is 0 Å². The molecule has 1 aromatic rings.